The first kappa shape index (κ1) is 9.75. The van der Waals surface area contributed by atoms with Crippen LogP contribution in [-0.4, -0.2) is 31.6 Å². The van der Waals surface area contributed by atoms with Gasteiger partial charge in [0, 0.05) is 6.54 Å². The standard InChI is InChI=1S/C10H20N2/c1-9(5-6-11)10-4-3-7-12(2)8-10/h10H,1,3-8,11H2,2H3. The molecule has 0 aromatic heterocycles. The minimum atomic E-state index is 0.701. The van der Waals surface area contributed by atoms with E-state index in [0.29, 0.717) is 5.92 Å². The molecule has 1 saturated heterocycles. The van der Waals surface area contributed by atoms with Gasteiger partial charge in [0.05, 0.1) is 0 Å². The van der Waals surface area contributed by atoms with Crippen molar-refractivity contribution in [2.45, 2.75) is 19.3 Å². The molecule has 1 heterocycles. The predicted molar refractivity (Wildman–Crippen MR) is 53.0 cm³/mol. The summed E-state index contributed by atoms with van der Waals surface area (Å²) in [6.07, 6.45) is 3.62. The quantitative estimate of drug-likeness (QED) is 0.642. The summed E-state index contributed by atoms with van der Waals surface area (Å²) in [6.45, 7) is 7.27. The predicted octanol–water partition coefficient (Wildman–Crippen LogP) is 1.23. The molecule has 1 fully saturated rings. The first-order valence-corrected chi connectivity index (χ1v) is 4.80. The van der Waals surface area contributed by atoms with Crippen LogP contribution in [0.1, 0.15) is 19.3 Å². The fourth-order valence-electron chi connectivity index (χ4n) is 1.89. The lowest BCUT2D eigenvalue weighted by molar-refractivity contribution is 0.228. The molecule has 70 valence electrons. The zero-order valence-corrected chi connectivity index (χ0v) is 8.05. The van der Waals surface area contributed by atoms with E-state index in [1.807, 2.05) is 0 Å². The topological polar surface area (TPSA) is 29.3 Å². The van der Waals surface area contributed by atoms with Gasteiger partial charge in [0.15, 0.2) is 0 Å². The minimum Gasteiger partial charge on any atom is -0.330 e. The Kier molecular flexibility index (Phi) is 3.76. The molecule has 0 aromatic carbocycles. The Morgan fingerprint density at radius 1 is 1.67 bits per heavy atom. The van der Waals surface area contributed by atoms with E-state index < -0.39 is 0 Å². The average Bonchev–Trinajstić information content (AvgIpc) is 2.05. The summed E-state index contributed by atoms with van der Waals surface area (Å²) >= 11 is 0. The largest absolute Gasteiger partial charge is 0.330 e. The molecular weight excluding hydrogens is 148 g/mol. The molecule has 0 saturated carbocycles. The summed E-state index contributed by atoms with van der Waals surface area (Å²) < 4.78 is 0. The van der Waals surface area contributed by atoms with Gasteiger partial charge in [-0.15, -0.1) is 0 Å². The molecule has 0 radical (unpaired) electrons. The first-order chi connectivity index (χ1) is 5.74. The van der Waals surface area contributed by atoms with Crippen LogP contribution in [0.2, 0.25) is 0 Å². The van der Waals surface area contributed by atoms with Crippen molar-refractivity contribution in [1.82, 2.24) is 4.90 Å². The van der Waals surface area contributed by atoms with Gasteiger partial charge in [-0.3, -0.25) is 0 Å². The van der Waals surface area contributed by atoms with E-state index >= 15 is 0 Å². The Balaban J connectivity index is 2.35. The van der Waals surface area contributed by atoms with Crippen molar-refractivity contribution in [3.63, 3.8) is 0 Å². The second kappa shape index (κ2) is 4.63. The van der Waals surface area contributed by atoms with E-state index in [4.69, 9.17) is 5.73 Å². The molecule has 1 atom stereocenters. The second-order valence-corrected chi connectivity index (χ2v) is 3.80. The summed E-state index contributed by atoms with van der Waals surface area (Å²) in [5.41, 5.74) is 6.85. The van der Waals surface area contributed by atoms with E-state index in [2.05, 4.69) is 18.5 Å². The lowest BCUT2D eigenvalue weighted by Crippen LogP contribution is -2.33. The second-order valence-electron chi connectivity index (χ2n) is 3.80. The molecule has 0 bridgehead atoms. The molecule has 2 heteroatoms. The van der Waals surface area contributed by atoms with Gasteiger partial charge in [0.2, 0.25) is 0 Å². The Morgan fingerprint density at radius 3 is 3.00 bits per heavy atom. The fourth-order valence-corrected chi connectivity index (χ4v) is 1.89. The minimum absolute atomic E-state index is 0.701. The number of piperidine rings is 1. The van der Waals surface area contributed by atoms with Crippen LogP contribution in [0.15, 0.2) is 12.2 Å². The number of nitrogens with two attached hydrogens (primary N) is 1. The van der Waals surface area contributed by atoms with Crippen LogP contribution in [0.4, 0.5) is 0 Å². The highest BCUT2D eigenvalue weighted by molar-refractivity contribution is 5.03. The molecule has 0 spiro atoms. The van der Waals surface area contributed by atoms with Gasteiger partial charge >= 0.3 is 0 Å². The molecule has 0 amide bonds. The highest BCUT2D eigenvalue weighted by Crippen LogP contribution is 2.23. The number of likely N-dealkylation sites (tertiary alicyclic amines) is 1. The van der Waals surface area contributed by atoms with Crippen LogP contribution in [-0.2, 0) is 0 Å². The van der Waals surface area contributed by atoms with E-state index in [-0.39, 0.29) is 0 Å². The lowest BCUT2D eigenvalue weighted by Gasteiger charge is -2.30. The van der Waals surface area contributed by atoms with Crippen molar-refractivity contribution >= 4 is 0 Å². The molecular formula is C10H20N2. The first-order valence-electron chi connectivity index (χ1n) is 4.80. The average molecular weight is 168 g/mol. The smallest absolute Gasteiger partial charge is 0.00439 e. The third-order valence-corrected chi connectivity index (χ3v) is 2.67. The fraction of sp³-hybridized carbons (Fsp3) is 0.800. The zero-order valence-electron chi connectivity index (χ0n) is 8.05. The van der Waals surface area contributed by atoms with Gasteiger partial charge < -0.3 is 10.6 Å². The highest BCUT2D eigenvalue weighted by Gasteiger charge is 2.18. The van der Waals surface area contributed by atoms with E-state index in [9.17, 15) is 0 Å². The van der Waals surface area contributed by atoms with E-state index in [0.717, 1.165) is 13.0 Å². The molecule has 1 aliphatic heterocycles. The van der Waals surface area contributed by atoms with Crippen molar-refractivity contribution < 1.29 is 0 Å². The van der Waals surface area contributed by atoms with Gasteiger partial charge in [-0.1, -0.05) is 12.2 Å². The number of hydrogen-bond donors (Lipinski definition) is 1. The Bertz CT molecular complexity index is 154. The third-order valence-electron chi connectivity index (χ3n) is 2.67. The van der Waals surface area contributed by atoms with Crippen molar-refractivity contribution in [3.05, 3.63) is 12.2 Å². The van der Waals surface area contributed by atoms with Crippen LogP contribution >= 0.6 is 0 Å². The van der Waals surface area contributed by atoms with Gasteiger partial charge in [0.25, 0.3) is 0 Å². The molecule has 2 N–H and O–H groups in total. The highest BCUT2D eigenvalue weighted by atomic mass is 15.1. The van der Waals surface area contributed by atoms with Crippen molar-refractivity contribution in [3.8, 4) is 0 Å². The number of nitrogens with zero attached hydrogens (tertiary/aromatic N) is 1. The number of rotatable bonds is 3. The van der Waals surface area contributed by atoms with E-state index in [1.165, 1.54) is 31.5 Å². The maximum atomic E-state index is 5.50. The van der Waals surface area contributed by atoms with Crippen LogP contribution in [0.3, 0.4) is 0 Å². The van der Waals surface area contributed by atoms with E-state index in [1.54, 1.807) is 0 Å². The Labute approximate surface area is 75.4 Å². The zero-order chi connectivity index (χ0) is 8.97. The molecule has 1 unspecified atom stereocenters. The van der Waals surface area contributed by atoms with Crippen molar-refractivity contribution in [1.29, 1.82) is 0 Å². The lowest BCUT2D eigenvalue weighted by atomic mass is 9.90. The third kappa shape index (κ3) is 2.61. The normalized spacial score (nSPS) is 25.7. The van der Waals surface area contributed by atoms with Crippen LogP contribution < -0.4 is 5.73 Å². The molecule has 2 nitrogen and oxygen atoms in total. The van der Waals surface area contributed by atoms with Crippen LogP contribution in [0.5, 0.6) is 0 Å². The number of hydrogen-bond acceptors (Lipinski definition) is 2. The SMILES string of the molecule is C=C(CCN)C1CCCN(C)C1. The molecule has 12 heavy (non-hydrogen) atoms. The van der Waals surface area contributed by atoms with Crippen LogP contribution in [0.25, 0.3) is 0 Å². The summed E-state index contributed by atoms with van der Waals surface area (Å²) in [5.74, 6) is 0.701. The molecule has 1 rings (SSSR count). The summed E-state index contributed by atoms with van der Waals surface area (Å²) in [5, 5.41) is 0. The van der Waals surface area contributed by atoms with Crippen LogP contribution in [0, 0.1) is 5.92 Å². The summed E-state index contributed by atoms with van der Waals surface area (Å²) in [7, 11) is 2.18. The summed E-state index contributed by atoms with van der Waals surface area (Å²) in [4.78, 5) is 2.38. The molecule has 0 aromatic rings. The maximum absolute atomic E-state index is 5.50. The maximum Gasteiger partial charge on any atom is 0.00439 e. The van der Waals surface area contributed by atoms with Gasteiger partial charge in [-0.2, -0.15) is 0 Å². The molecule has 1 aliphatic rings. The molecule has 0 aliphatic carbocycles. The van der Waals surface area contributed by atoms with Gasteiger partial charge in [-0.25, -0.2) is 0 Å². The Morgan fingerprint density at radius 2 is 2.42 bits per heavy atom. The van der Waals surface area contributed by atoms with Gasteiger partial charge in [-0.05, 0) is 45.3 Å². The van der Waals surface area contributed by atoms with Crippen molar-refractivity contribution in [2.24, 2.45) is 11.7 Å². The monoisotopic (exact) mass is 168 g/mol. The van der Waals surface area contributed by atoms with Gasteiger partial charge in [0.1, 0.15) is 0 Å². The van der Waals surface area contributed by atoms with Crippen molar-refractivity contribution in [2.75, 3.05) is 26.7 Å². The summed E-state index contributed by atoms with van der Waals surface area (Å²) in [6, 6.07) is 0. The Hall–Kier alpha value is -0.340.